The summed E-state index contributed by atoms with van der Waals surface area (Å²) in [5.41, 5.74) is 4.38. The van der Waals surface area contributed by atoms with E-state index >= 15 is 0 Å². The van der Waals surface area contributed by atoms with Crippen LogP contribution in [0.4, 0.5) is 5.69 Å². The second-order valence-electron chi connectivity index (χ2n) is 7.92. The SMILES string of the molecule is O=C(NC(=S)Nc1ccc2oc(-c3ccc(Br)cc3)nc2c1)c1cccc(OCc2ccccc2)c1. The molecule has 0 saturated heterocycles. The van der Waals surface area contributed by atoms with Gasteiger partial charge in [0.05, 0.1) is 0 Å². The fraction of sp³-hybridized carbons (Fsp3) is 0.0357. The predicted octanol–water partition coefficient (Wildman–Crippen LogP) is 6.96. The molecule has 0 aliphatic rings. The molecule has 5 rings (SSSR count). The number of hydrogen-bond donors (Lipinski definition) is 2. The molecule has 4 aromatic carbocycles. The van der Waals surface area contributed by atoms with Gasteiger partial charge in [-0.1, -0.05) is 52.3 Å². The maximum Gasteiger partial charge on any atom is 0.257 e. The summed E-state index contributed by atoms with van der Waals surface area (Å²) in [6.45, 7) is 0.417. The predicted molar refractivity (Wildman–Crippen MR) is 148 cm³/mol. The van der Waals surface area contributed by atoms with Crippen LogP contribution < -0.4 is 15.4 Å². The molecule has 6 nitrogen and oxygen atoms in total. The molecule has 5 aromatic rings. The van der Waals surface area contributed by atoms with E-state index in [9.17, 15) is 4.79 Å². The largest absolute Gasteiger partial charge is 0.489 e. The van der Waals surface area contributed by atoms with Crippen molar-refractivity contribution >= 4 is 56.0 Å². The van der Waals surface area contributed by atoms with Gasteiger partial charge in [-0.2, -0.15) is 0 Å². The normalized spacial score (nSPS) is 10.7. The summed E-state index contributed by atoms with van der Waals surface area (Å²) in [5, 5.41) is 5.91. The summed E-state index contributed by atoms with van der Waals surface area (Å²) in [7, 11) is 0. The van der Waals surface area contributed by atoms with Gasteiger partial charge in [-0.05, 0) is 78.4 Å². The first-order valence-corrected chi connectivity index (χ1v) is 12.3. The lowest BCUT2D eigenvalue weighted by Gasteiger charge is -2.11. The number of oxazole rings is 1. The van der Waals surface area contributed by atoms with Gasteiger partial charge in [-0.25, -0.2) is 4.98 Å². The van der Waals surface area contributed by atoms with Crippen LogP contribution in [0.3, 0.4) is 0 Å². The number of fused-ring (bicyclic) bond motifs is 1. The molecule has 178 valence electrons. The van der Waals surface area contributed by atoms with Crippen LogP contribution in [0.1, 0.15) is 15.9 Å². The van der Waals surface area contributed by atoms with Crippen LogP contribution >= 0.6 is 28.1 Å². The molecule has 0 saturated carbocycles. The van der Waals surface area contributed by atoms with Crippen molar-refractivity contribution in [2.45, 2.75) is 6.61 Å². The fourth-order valence-electron chi connectivity index (χ4n) is 3.53. The Morgan fingerprint density at radius 1 is 0.944 bits per heavy atom. The Bertz CT molecular complexity index is 1540. The number of benzene rings is 4. The first kappa shape index (κ1) is 23.7. The zero-order valence-electron chi connectivity index (χ0n) is 18.9. The van der Waals surface area contributed by atoms with Gasteiger partial charge in [0.15, 0.2) is 10.7 Å². The minimum Gasteiger partial charge on any atom is -0.489 e. The number of ether oxygens (including phenoxy) is 1. The van der Waals surface area contributed by atoms with Crippen molar-refractivity contribution in [1.82, 2.24) is 10.3 Å². The summed E-state index contributed by atoms with van der Waals surface area (Å²) >= 11 is 8.78. The van der Waals surface area contributed by atoms with E-state index in [1.54, 1.807) is 18.2 Å². The van der Waals surface area contributed by atoms with E-state index in [-0.39, 0.29) is 11.0 Å². The van der Waals surface area contributed by atoms with Gasteiger partial charge in [-0.3, -0.25) is 10.1 Å². The average molecular weight is 558 g/mol. The molecule has 0 radical (unpaired) electrons. The number of anilines is 1. The number of thiocarbonyl (C=S) groups is 1. The highest BCUT2D eigenvalue weighted by Crippen LogP contribution is 2.27. The third-order valence-electron chi connectivity index (χ3n) is 5.31. The molecule has 1 amide bonds. The van der Waals surface area contributed by atoms with E-state index < -0.39 is 0 Å². The monoisotopic (exact) mass is 557 g/mol. The summed E-state index contributed by atoms with van der Waals surface area (Å²) in [6.07, 6.45) is 0. The molecule has 0 bridgehead atoms. The van der Waals surface area contributed by atoms with Crippen LogP contribution in [0.5, 0.6) is 5.75 Å². The smallest absolute Gasteiger partial charge is 0.257 e. The van der Waals surface area contributed by atoms with Gasteiger partial charge < -0.3 is 14.5 Å². The number of hydrogen-bond acceptors (Lipinski definition) is 5. The van der Waals surface area contributed by atoms with E-state index in [2.05, 4.69) is 31.5 Å². The Kier molecular flexibility index (Phi) is 7.06. The molecule has 0 unspecified atom stereocenters. The number of carbonyl (C=O) groups excluding carboxylic acids is 1. The zero-order valence-corrected chi connectivity index (χ0v) is 21.3. The van der Waals surface area contributed by atoms with Crippen LogP contribution in [0, 0.1) is 0 Å². The summed E-state index contributed by atoms with van der Waals surface area (Å²) < 4.78 is 12.7. The highest BCUT2D eigenvalue weighted by atomic mass is 79.9. The van der Waals surface area contributed by atoms with E-state index in [1.165, 1.54) is 0 Å². The van der Waals surface area contributed by atoms with Crippen LogP contribution in [0.25, 0.3) is 22.6 Å². The lowest BCUT2D eigenvalue weighted by molar-refractivity contribution is 0.0977. The fourth-order valence-corrected chi connectivity index (χ4v) is 4.00. The van der Waals surface area contributed by atoms with Gasteiger partial charge in [0, 0.05) is 21.3 Å². The second-order valence-corrected chi connectivity index (χ2v) is 9.24. The van der Waals surface area contributed by atoms with Crippen molar-refractivity contribution in [3.8, 4) is 17.2 Å². The quantitative estimate of drug-likeness (QED) is 0.220. The molecule has 36 heavy (non-hydrogen) atoms. The molecule has 0 spiro atoms. The van der Waals surface area contributed by atoms with Crippen molar-refractivity contribution < 1.29 is 13.9 Å². The topological polar surface area (TPSA) is 76.4 Å². The molecule has 0 aliphatic carbocycles. The molecular formula is C28H20BrN3O3S. The maximum atomic E-state index is 12.7. The zero-order chi connectivity index (χ0) is 24.9. The number of nitrogens with zero attached hydrogens (tertiary/aromatic N) is 1. The van der Waals surface area contributed by atoms with Crippen molar-refractivity contribution in [2.75, 3.05) is 5.32 Å². The highest BCUT2D eigenvalue weighted by molar-refractivity contribution is 9.10. The molecule has 2 N–H and O–H groups in total. The van der Waals surface area contributed by atoms with Gasteiger partial charge in [-0.15, -0.1) is 0 Å². The number of carbonyl (C=O) groups is 1. The maximum absolute atomic E-state index is 12.7. The van der Waals surface area contributed by atoms with E-state index in [4.69, 9.17) is 21.4 Å². The van der Waals surface area contributed by atoms with Crippen molar-refractivity contribution in [2.24, 2.45) is 0 Å². The number of nitrogens with one attached hydrogen (secondary N) is 2. The van der Waals surface area contributed by atoms with Crippen LogP contribution in [-0.4, -0.2) is 16.0 Å². The third-order valence-corrected chi connectivity index (χ3v) is 6.04. The van der Waals surface area contributed by atoms with E-state index in [1.807, 2.05) is 78.9 Å². The van der Waals surface area contributed by atoms with E-state index in [0.29, 0.717) is 40.6 Å². The second kappa shape index (κ2) is 10.7. The molecule has 8 heteroatoms. The number of amides is 1. The molecule has 1 heterocycles. The third kappa shape index (κ3) is 5.79. The first-order chi connectivity index (χ1) is 17.5. The Labute approximate surface area is 221 Å². The minimum atomic E-state index is -0.335. The average Bonchev–Trinajstić information content (AvgIpc) is 3.32. The highest BCUT2D eigenvalue weighted by Gasteiger charge is 2.12. The Morgan fingerprint density at radius 3 is 2.56 bits per heavy atom. The number of aromatic nitrogens is 1. The first-order valence-electron chi connectivity index (χ1n) is 11.1. The summed E-state index contributed by atoms with van der Waals surface area (Å²) in [5.74, 6) is 0.793. The van der Waals surface area contributed by atoms with Crippen molar-refractivity contribution in [1.29, 1.82) is 0 Å². The number of rotatable bonds is 6. The van der Waals surface area contributed by atoms with Gasteiger partial charge in [0.25, 0.3) is 5.91 Å². The molecule has 0 fully saturated rings. The van der Waals surface area contributed by atoms with Gasteiger partial charge >= 0.3 is 0 Å². The molecule has 0 aliphatic heterocycles. The molecule has 0 atom stereocenters. The van der Waals surface area contributed by atoms with Crippen molar-refractivity contribution in [3.05, 3.63) is 113 Å². The van der Waals surface area contributed by atoms with Crippen molar-refractivity contribution in [3.63, 3.8) is 0 Å². The van der Waals surface area contributed by atoms with E-state index in [0.717, 1.165) is 15.6 Å². The summed E-state index contributed by atoms with van der Waals surface area (Å²) in [4.78, 5) is 17.3. The Balaban J connectivity index is 1.22. The standard InChI is InChI=1S/C28H20BrN3O3S/c29-21-11-9-19(10-12-21)27-31-24-16-22(13-14-25(24)35-27)30-28(36)32-26(33)20-7-4-8-23(15-20)34-17-18-5-2-1-3-6-18/h1-16H,17H2,(H2,30,32,33,36). The van der Waals surface area contributed by atoms with Crippen LogP contribution in [0.15, 0.2) is 106 Å². The molecule has 1 aromatic heterocycles. The van der Waals surface area contributed by atoms with Crippen LogP contribution in [-0.2, 0) is 6.61 Å². The minimum absolute atomic E-state index is 0.173. The Hall–Kier alpha value is -4.01. The summed E-state index contributed by atoms with van der Waals surface area (Å²) in [6, 6.07) is 30.0. The molecular weight excluding hydrogens is 538 g/mol. The van der Waals surface area contributed by atoms with Crippen LogP contribution in [0.2, 0.25) is 0 Å². The lowest BCUT2D eigenvalue weighted by atomic mass is 10.2. The van der Waals surface area contributed by atoms with Gasteiger partial charge in [0.2, 0.25) is 5.89 Å². The van der Waals surface area contributed by atoms with Gasteiger partial charge in [0.1, 0.15) is 17.9 Å². The Morgan fingerprint density at radius 2 is 1.75 bits per heavy atom. The lowest BCUT2D eigenvalue weighted by Crippen LogP contribution is -2.34. The number of halogens is 1.